The van der Waals surface area contributed by atoms with Crippen molar-refractivity contribution < 1.29 is 0 Å². The smallest absolute Gasteiger partial charge is 0.0701 e. The molecule has 0 saturated heterocycles. The average molecular weight is 352 g/mol. The van der Waals surface area contributed by atoms with E-state index in [9.17, 15) is 0 Å². The molecule has 0 aliphatic heterocycles. The number of thiophene rings is 1. The van der Waals surface area contributed by atoms with Crippen LogP contribution in [0.15, 0.2) is 40.2 Å². The van der Waals surface area contributed by atoms with Crippen LogP contribution in [0, 0.1) is 0 Å². The second kappa shape index (κ2) is 6.42. The fourth-order valence-electron chi connectivity index (χ4n) is 2.51. The Morgan fingerprint density at radius 1 is 1.15 bits per heavy atom. The fraction of sp³-hybridized carbons (Fsp3) is 0.412. The number of halogens is 1. The highest BCUT2D eigenvalue weighted by Gasteiger charge is 2.22. The Morgan fingerprint density at radius 3 is 2.40 bits per heavy atom. The number of rotatable bonds is 4. The highest BCUT2D eigenvalue weighted by atomic mass is 79.9. The summed E-state index contributed by atoms with van der Waals surface area (Å²) in [5, 5.41) is 3.48. The van der Waals surface area contributed by atoms with Gasteiger partial charge in [-0.3, -0.25) is 0 Å². The van der Waals surface area contributed by atoms with Gasteiger partial charge in [0, 0.05) is 17.3 Å². The lowest BCUT2D eigenvalue weighted by Crippen LogP contribution is -2.23. The van der Waals surface area contributed by atoms with Gasteiger partial charge in [-0.1, -0.05) is 45.0 Å². The maximum Gasteiger partial charge on any atom is 0.0701 e. The first-order valence-corrected chi connectivity index (χ1v) is 8.53. The zero-order valence-corrected chi connectivity index (χ0v) is 14.9. The van der Waals surface area contributed by atoms with Crippen molar-refractivity contribution >= 4 is 27.3 Å². The molecule has 0 radical (unpaired) electrons. The minimum absolute atomic E-state index is 0.168. The van der Waals surface area contributed by atoms with Gasteiger partial charge in [-0.15, -0.1) is 11.3 Å². The van der Waals surface area contributed by atoms with E-state index in [1.807, 2.05) is 18.4 Å². The average Bonchev–Trinajstić information content (AvgIpc) is 2.80. The van der Waals surface area contributed by atoms with Crippen molar-refractivity contribution in [3.63, 3.8) is 0 Å². The Bertz CT molecular complexity index is 568. The number of hydrogen-bond acceptors (Lipinski definition) is 2. The van der Waals surface area contributed by atoms with Gasteiger partial charge in [0.1, 0.15) is 0 Å². The molecule has 1 aromatic heterocycles. The van der Waals surface area contributed by atoms with Gasteiger partial charge in [-0.05, 0) is 51.7 Å². The summed E-state index contributed by atoms with van der Waals surface area (Å²) >= 11 is 5.36. The van der Waals surface area contributed by atoms with Crippen molar-refractivity contribution in [1.82, 2.24) is 5.32 Å². The zero-order chi connectivity index (χ0) is 14.8. The first kappa shape index (κ1) is 15.7. The molecule has 20 heavy (non-hydrogen) atoms. The van der Waals surface area contributed by atoms with Gasteiger partial charge < -0.3 is 5.32 Å². The van der Waals surface area contributed by atoms with Crippen molar-refractivity contribution in [3.8, 4) is 0 Å². The summed E-state index contributed by atoms with van der Waals surface area (Å²) in [5.41, 5.74) is 3.00. The molecule has 0 aliphatic rings. The second-order valence-corrected chi connectivity index (χ2v) is 8.64. The Labute approximate surface area is 134 Å². The van der Waals surface area contributed by atoms with Crippen molar-refractivity contribution in [1.29, 1.82) is 0 Å². The van der Waals surface area contributed by atoms with Crippen molar-refractivity contribution in [2.75, 3.05) is 7.05 Å². The van der Waals surface area contributed by atoms with E-state index in [0.717, 1.165) is 6.42 Å². The van der Waals surface area contributed by atoms with Crippen LogP contribution in [0.5, 0.6) is 0 Å². The van der Waals surface area contributed by atoms with Gasteiger partial charge >= 0.3 is 0 Å². The van der Waals surface area contributed by atoms with Gasteiger partial charge in [0.05, 0.1) is 3.79 Å². The maximum absolute atomic E-state index is 3.54. The summed E-state index contributed by atoms with van der Waals surface area (Å²) in [5.74, 6) is 0. The Balaban J connectivity index is 2.32. The molecule has 1 heterocycles. The van der Waals surface area contributed by atoms with Gasteiger partial charge in [0.15, 0.2) is 0 Å². The van der Waals surface area contributed by atoms with E-state index in [1.54, 1.807) is 0 Å². The Hall–Kier alpha value is -0.640. The van der Waals surface area contributed by atoms with Crippen LogP contribution in [0.2, 0.25) is 0 Å². The van der Waals surface area contributed by atoms with Crippen LogP contribution >= 0.6 is 27.3 Å². The van der Waals surface area contributed by atoms with Crippen LogP contribution < -0.4 is 5.32 Å². The maximum atomic E-state index is 3.54. The van der Waals surface area contributed by atoms with E-state index < -0.39 is 0 Å². The van der Waals surface area contributed by atoms with Crippen LogP contribution in [-0.2, 0) is 11.8 Å². The lowest BCUT2D eigenvalue weighted by molar-refractivity contribution is 0.541. The summed E-state index contributed by atoms with van der Waals surface area (Å²) in [7, 11) is 2.05. The molecule has 0 fully saturated rings. The minimum atomic E-state index is 0.168. The number of hydrogen-bond donors (Lipinski definition) is 1. The van der Waals surface area contributed by atoms with Crippen LogP contribution in [0.3, 0.4) is 0 Å². The minimum Gasteiger partial charge on any atom is -0.313 e. The van der Waals surface area contributed by atoms with Crippen LogP contribution in [0.1, 0.15) is 42.8 Å². The van der Waals surface area contributed by atoms with Crippen LogP contribution in [-0.4, -0.2) is 7.05 Å². The predicted octanol–water partition coefficient (Wildman–Crippen LogP) is 5.31. The standard InChI is InChI=1S/C17H22BrNS/c1-17(2,3)14-8-6-5-7-13(14)15(19-4)11-12-9-10-16(18)20-12/h5-10,15,19H,11H2,1-4H3. The molecule has 0 amide bonds. The summed E-state index contributed by atoms with van der Waals surface area (Å²) < 4.78 is 1.20. The summed E-state index contributed by atoms with van der Waals surface area (Å²) in [6.45, 7) is 6.83. The van der Waals surface area contributed by atoms with Crippen LogP contribution in [0.25, 0.3) is 0 Å². The van der Waals surface area contributed by atoms with Gasteiger partial charge in [-0.2, -0.15) is 0 Å². The molecule has 2 rings (SSSR count). The van der Waals surface area contributed by atoms with E-state index in [2.05, 4.69) is 78.4 Å². The highest BCUT2D eigenvalue weighted by Crippen LogP contribution is 2.32. The van der Waals surface area contributed by atoms with E-state index >= 15 is 0 Å². The van der Waals surface area contributed by atoms with Gasteiger partial charge in [0.2, 0.25) is 0 Å². The number of nitrogens with one attached hydrogen (secondary N) is 1. The summed E-state index contributed by atoms with van der Waals surface area (Å²) in [6.07, 6.45) is 1.03. The third-order valence-corrected chi connectivity index (χ3v) is 5.17. The van der Waals surface area contributed by atoms with Crippen molar-refractivity contribution in [3.05, 3.63) is 56.2 Å². The summed E-state index contributed by atoms with van der Waals surface area (Å²) in [4.78, 5) is 1.40. The van der Waals surface area contributed by atoms with Gasteiger partial charge in [0.25, 0.3) is 0 Å². The number of benzene rings is 1. The molecule has 2 aromatic rings. The number of likely N-dealkylation sites (N-methyl/N-ethyl adjacent to an activating group) is 1. The van der Waals surface area contributed by atoms with Crippen molar-refractivity contribution in [2.24, 2.45) is 0 Å². The Kier molecular flexibility index (Phi) is 5.05. The molecule has 1 nitrogen and oxygen atoms in total. The highest BCUT2D eigenvalue weighted by molar-refractivity contribution is 9.11. The molecule has 1 atom stereocenters. The lowest BCUT2D eigenvalue weighted by atomic mass is 9.81. The molecule has 108 valence electrons. The first-order chi connectivity index (χ1) is 9.41. The molecule has 3 heteroatoms. The third-order valence-electron chi connectivity index (χ3n) is 3.53. The molecule has 0 spiro atoms. The molecule has 1 unspecified atom stereocenters. The Morgan fingerprint density at radius 2 is 1.85 bits per heavy atom. The van der Waals surface area contributed by atoms with Gasteiger partial charge in [-0.25, -0.2) is 0 Å². The molecule has 0 saturated carbocycles. The molecule has 1 N–H and O–H groups in total. The van der Waals surface area contributed by atoms with Crippen LogP contribution in [0.4, 0.5) is 0 Å². The van der Waals surface area contributed by atoms with E-state index in [1.165, 1.54) is 19.8 Å². The monoisotopic (exact) mass is 351 g/mol. The quantitative estimate of drug-likeness (QED) is 0.786. The van der Waals surface area contributed by atoms with Crippen molar-refractivity contribution in [2.45, 2.75) is 38.6 Å². The SMILES string of the molecule is CNC(Cc1ccc(Br)s1)c1ccccc1C(C)(C)C. The first-order valence-electron chi connectivity index (χ1n) is 6.92. The van der Waals surface area contributed by atoms with E-state index in [4.69, 9.17) is 0 Å². The zero-order valence-electron chi connectivity index (χ0n) is 12.5. The third kappa shape index (κ3) is 3.72. The largest absolute Gasteiger partial charge is 0.313 e. The molecular weight excluding hydrogens is 330 g/mol. The molecule has 0 aliphatic carbocycles. The van der Waals surface area contributed by atoms with E-state index in [-0.39, 0.29) is 5.41 Å². The summed E-state index contributed by atoms with van der Waals surface area (Å²) in [6, 6.07) is 13.5. The van der Waals surface area contributed by atoms with E-state index in [0.29, 0.717) is 6.04 Å². The molecule has 1 aromatic carbocycles. The fourth-order valence-corrected chi connectivity index (χ4v) is 4.04. The normalized spacial score (nSPS) is 13.4. The topological polar surface area (TPSA) is 12.0 Å². The predicted molar refractivity (Wildman–Crippen MR) is 92.7 cm³/mol. The molecular formula is C17H22BrNS. The lowest BCUT2D eigenvalue weighted by Gasteiger charge is -2.27. The molecule has 0 bridgehead atoms. The second-order valence-electron chi connectivity index (χ2n) is 6.09.